The van der Waals surface area contributed by atoms with Crippen LogP contribution in [0.15, 0.2) is 47.6 Å². The summed E-state index contributed by atoms with van der Waals surface area (Å²) in [6, 6.07) is 0. The molecule has 0 radical (unpaired) electrons. The van der Waals surface area contributed by atoms with Crippen LogP contribution in [0, 0.1) is 40.4 Å². The van der Waals surface area contributed by atoms with Crippen molar-refractivity contribution in [2.24, 2.45) is 40.4 Å². The lowest BCUT2D eigenvalue weighted by Crippen LogP contribution is -2.44. The molecule has 4 heteroatoms. The number of hydrogen-bond acceptors (Lipinski definition) is 2. The molecule has 0 aliphatic heterocycles. The third-order valence-corrected chi connectivity index (χ3v) is 9.82. The first-order valence-electron chi connectivity index (χ1n) is 13.0. The SMILES string of the molecule is C=C(C)C1CCC2C(=CC3C(=C)C(C(C)CC/C=C(\C)C(=O)O)CCC32C)C1(C)CCC(=O)O. The van der Waals surface area contributed by atoms with Gasteiger partial charge in [-0.25, -0.2) is 4.79 Å². The van der Waals surface area contributed by atoms with E-state index in [4.69, 9.17) is 5.11 Å². The summed E-state index contributed by atoms with van der Waals surface area (Å²) < 4.78 is 0. The quantitative estimate of drug-likeness (QED) is 0.272. The highest BCUT2D eigenvalue weighted by molar-refractivity contribution is 5.85. The average Bonchev–Trinajstić information content (AvgIpc) is 3.07. The minimum absolute atomic E-state index is 0.159. The Morgan fingerprint density at radius 2 is 1.88 bits per heavy atom. The number of carboxylic acids is 2. The second kappa shape index (κ2) is 9.87. The molecule has 7 atom stereocenters. The summed E-state index contributed by atoms with van der Waals surface area (Å²) in [5.74, 6) is 0.471. The highest BCUT2D eigenvalue weighted by Gasteiger charge is 2.58. The largest absolute Gasteiger partial charge is 0.481 e. The summed E-state index contributed by atoms with van der Waals surface area (Å²) in [5.41, 5.74) is 4.38. The van der Waals surface area contributed by atoms with Crippen LogP contribution in [0.2, 0.25) is 0 Å². The molecule has 0 amide bonds. The summed E-state index contributed by atoms with van der Waals surface area (Å²) in [6.07, 6.45) is 11.4. The van der Waals surface area contributed by atoms with Crippen LogP contribution in [0.3, 0.4) is 0 Å². The van der Waals surface area contributed by atoms with E-state index in [0.717, 1.165) is 38.5 Å². The van der Waals surface area contributed by atoms with Gasteiger partial charge < -0.3 is 10.2 Å². The minimum Gasteiger partial charge on any atom is -0.481 e. The van der Waals surface area contributed by atoms with Gasteiger partial charge in [0.1, 0.15) is 0 Å². The highest BCUT2D eigenvalue weighted by atomic mass is 16.4. The maximum absolute atomic E-state index is 11.5. The fourth-order valence-corrected chi connectivity index (χ4v) is 7.70. The molecule has 3 aliphatic rings. The Bertz CT molecular complexity index is 924. The van der Waals surface area contributed by atoms with Gasteiger partial charge in [-0.05, 0) is 93.3 Å². The zero-order valence-electron chi connectivity index (χ0n) is 21.8. The average molecular weight is 469 g/mol. The van der Waals surface area contributed by atoms with Crippen molar-refractivity contribution in [3.8, 4) is 0 Å². The van der Waals surface area contributed by atoms with Gasteiger partial charge in [0, 0.05) is 17.9 Å². The Balaban J connectivity index is 1.85. The molecule has 2 fully saturated rings. The lowest BCUT2D eigenvalue weighted by molar-refractivity contribution is -0.138. The maximum Gasteiger partial charge on any atom is 0.330 e. The van der Waals surface area contributed by atoms with E-state index in [-0.39, 0.29) is 17.3 Å². The van der Waals surface area contributed by atoms with Gasteiger partial charge in [-0.3, -0.25) is 4.79 Å². The molecular weight excluding hydrogens is 424 g/mol. The third-order valence-electron chi connectivity index (χ3n) is 9.82. The van der Waals surface area contributed by atoms with Crippen molar-refractivity contribution >= 4 is 11.9 Å². The van der Waals surface area contributed by atoms with Crippen molar-refractivity contribution in [1.29, 1.82) is 0 Å². The molecular formula is C30H44O4. The van der Waals surface area contributed by atoms with Gasteiger partial charge in [-0.15, -0.1) is 0 Å². The first-order valence-corrected chi connectivity index (χ1v) is 13.0. The van der Waals surface area contributed by atoms with Crippen molar-refractivity contribution < 1.29 is 19.8 Å². The minimum atomic E-state index is -0.843. The monoisotopic (exact) mass is 468 g/mol. The molecule has 0 aromatic carbocycles. The lowest BCUT2D eigenvalue weighted by Gasteiger charge is -2.52. The van der Waals surface area contributed by atoms with Crippen LogP contribution in [-0.2, 0) is 9.59 Å². The Morgan fingerprint density at radius 3 is 2.47 bits per heavy atom. The summed E-state index contributed by atoms with van der Waals surface area (Å²) in [6.45, 7) is 19.7. The van der Waals surface area contributed by atoms with Crippen LogP contribution in [0.1, 0.15) is 86.0 Å². The normalized spacial score (nSPS) is 36.3. The predicted molar refractivity (Wildman–Crippen MR) is 137 cm³/mol. The molecule has 188 valence electrons. The molecule has 0 aromatic rings. The van der Waals surface area contributed by atoms with E-state index in [2.05, 4.69) is 46.9 Å². The first-order chi connectivity index (χ1) is 15.8. The third kappa shape index (κ3) is 4.70. The number of rotatable bonds is 9. The van der Waals surface area contributed by atoms with Gasteiger partial charge in [0.2, 0.25) is 0 Å². The Kier molecular flexibility index (Phi) is 7.70. The molecule has 0 heterocycles. The maximum atomic E-state index is 11.5. The molecule has 2 N–H and O–H groups in total. The number of aliphatic carboxylic acids is 2. The molecule has 3 rings (SSSR count). The molecule has 2 saturated carbocycles. The summed E-state index contributed by atoms with van der Waals surface area (Å²) in [7, 11) is 0. The topological polar surface area (TPSA) is 74.6 Å². The molecule has 0 spiro atoms. The van der Waals surface area contributed by atoms with Crippen LogP contribution >= 0.6 is 0 Å². The van der Waals surface area contributed by atoms with Crippen molar-refractivity contribution in [3.63, 3.8) is 0 Å². The second-order valence-corrected chi connectivity index (χ2v) is 11.9. The number of fused-ring (bicyclic) bond motifs is 3. The van der Waals surface area contributed by atoms with Gasteiger partial charge in [-0.2, -0.15) is 0 Å². The zero-order valence-corrected chi connectivity index (χ0v) is 21.8. The molecule has 0 bridgehead atoms. The molecule has 4 nitrogen and oxygen atoms in total. The van der Waals surface area contributed by atoms with Gasteiger partial charge in [0.25, 0.3) is 0 Å². The Labute approximate surface area is 205 Å². The van der Waals surface area contributed by atoms with Crippen LogP contribution in [0.5, 0.6) is 0 Å². The first kappa shape index (κ1) is 26.5. The van der Waals surface area contributed by atoms with Crippen molar-refractivity contribution in [2.45, 2.75) is 86.0 Å². The van der Waals surface area contributed by atoms with E-state index >= 15 is 0 Å². The highest BCUT2D eigenvalue weighted by Crippen LogP contribution is 2.67. The summed E-state index contributed by atoms with van der Waals surface area (Å²) >= 11 is 0. The predicted octanol–water partition coefficient (Wildman–Crippen LogP) is 7.44. The van der Waals surface area contributed by atoms with Crippen molar-refractivity contribution in [2.75, 3.05) is 0 Å². The molecule has 0 aromatic heterocycles. The molecule has 34 heavy (non-hydrogen) atoms. The standard InChI is InChI=1S/C30H44O4/c1-18(2)23-11-12-24-26(29(23,6)16-14-27(31)32)17-25-21(5)22(13-15-30(24,25)7)19(3)9-8-10-20(4)28(33)34/h10,17,19,22-25H,1,5,8-9,11-16H2,2-4,6-7H3,(H,31,32)(H,33,34)/b20-10+. The van der Waals surface area contributed by atoms with E-state index in [1.807, 2.05) is 6.08 Å². The van der Waals surface area contributed by atoms with E-state index in [9.17, 15) is 14.7 Å². The summed E-state index contributed by atoms with van der Waals surface area (Å²) in [5, 5.41) is 18.6. The van der Waals surface area contributed by atoms with Gasteiger partial charge in [-0.1, -0.05) is 62.8 Å². The zero-order chi connectivity index (χ0) is 25.4. The van der Waals surface area contributed by atoms with E-state index in [1.165, 1.54) is 16.7 Å². The second-order valence-electron chi connectivity index (χ2n) is 11.9. The number of allylic oxidation sites excluding steroid dienone is 5. The van der Waals surface area contributed by atoms with Crippen LogP contribution < -0.4 is 0 Å². The van der Waals surface area contributed by atoms with Crippen LogP contribution in [-0.4, -0.2) is 22.2 Å². The fraction of sp³-hybridized carbons (Fsp3) is 0.667. The van der Waals surface area contributed by atoms with E-state index < -0.39 is 11.9 Å². The fourth-order valence-electron chi connectivity index (χ4n) is 7.70. The van der Waals surface area contributed by atoms with Crippen LogP contribution in [0.25, 0.3) is 0 Å². The van der Waals surface area contributed by atoms with E-state index in [1.54, 1.807) is 6.92 Å². The number of carbonyl (C=O) groups is 2. The number of hydrogen-bond donors (Lipinski definition) is 2. The lowest BCUT2D eigenvalue weighted by atomic mass is 9.52. The molecule has 0 saturated heterocycles. The van der Waals surface area contributed by atoms with Gasteiger partial charge in [0.15, 0.2) is 0 Å². The smallest absolute Gasteiger partial charge is 0.330 e. The molecule has 3 aliphatic carbocycles. The van der Waals surface area contributed by atoms with Gasteiger partial charge >= 0.3 is 11.9 Å². The van der Waals surface area contributed by atoms with Crippen molar-refractivity contribution in [3.05, 3.63) is 47.6 Å². The Morgan fingerprint density at radius 1 is 1.21 bits per heavy atom. The summed E-state index contributed by atoms with van der Waals surface area (Å²) in [4.78, 5) is 22.6. The van der Waals surface area contributed by atoms with Gasteiger partial charge in [0.05, 0.1) is 0 Å². The molecule has 7 unspecified atom stereocenters. The van der Waals surface area contributed by atoms with Crippen LogP contribution in [0.4, 0.5) is 0 Å². The Hall–Kier alpha value is -2.10. The van der Waals surface area contributed by atoms with E-state index in [0.29, 0.717) is 41.6 Å². The van der Waals surface area contributed by atoms with Crippen molar-refractivity contribution in [1.82, 2.24) is 0 Å². The number of carboxylic acid groups (broad SMARTS) is 2.